The Bertz CT molecular complexity index is 716. The number of para-hydroxylation sites is 2. The van der Waals surface area contributed by atoms with E-state index in [4.69, 9.17) is 0 Å². The number of rotatable bonds is 1. The second-order valence-electron chi connectivity index (χ2n) is 4.65. The Labute approximate surface area is 119 Å². The number of fused-ring (bicyclic) bond motifs is 1. The van der Waals surface area contributed by atoms with Gasteiger partial charge in [0.2, 0.25) is 0 Å². The van der Waals surface area contributed by atoms with Gasteiger partial charge in [-0.25, -0.2) is 4.99 Å². The smallest absolute Gasteiger partial charge is 0.250 e. The van der Waals surface area contributed by atoms with Gasteiger partial charge in [-0.15, -0.1) is 0 Å². The van der Waals surface area contributed by atoms with Crippen LogP contribution in [0.15, 0.2) is 64.6 Å². The summed E-state index contributed by atoms with van der Waals surface area (Å²) >= 11 is 0. The largest absolute Gasteiger partial charge is 0.429 e. The molecule has 2 aromatic rings. The van der Waals surface area contributed by atoms with Crippen molar-refractivity contribution >= 4 is 22.8 Å². The van der Waals surface area contributed by atoms with Crippen LogP contribution >= 0.6 is 0 Å². The molecule has 2 nitrogen and oxygen atoms in total. The summed E-state index contributed by atoms with van der Waals surface area (Å²) in [4.78, 5) is 8.14. The molecular formula is C16H11F3N2. The lowest BCUT2D eigenvalue weighted by Crippen LogP contribution is -2.25. The first-order valence-electron chi connectivity index (χ1n) is 6.41. The van der Waals surface area contributed by atoms with Gasteiger partial charge in [-0.3, -0.25) is 4.99 Å². The van der Waals surface area contributed by atoms with Crippen molar-refractivity contribution < 1.29 is 13.2 Å². The van der Waals surface area contributed by atoms with Gasteiger partial charge in [0, 0.05) is 6.42 Å². The molecule has 0 fully saturated rings. The Kier molecular flexibility index (Phi) is 3.33. The van der Waals surface area contributed by atoms with Crippen LogP contribution < -0.4 is 0 Å². The van der Waals surface area contributed by atoms with Crippen molar-refractivity contribution in [3.63, 3.8) is 0 Å². The minimum atomic E-state index is -4.47. The summed E-state index contributed by atoms with van der Waals surface area (Å²) in [7, 11) is 0. The van der Waals surface area contributed by atoms with Gasteiger partial charge in [-0.2, -0.15) is 13.2 Å². The van der Waals surface area contributed by atoms with Crippen molar-refractivity contribution in [1.29, 1.82) is 0 Å². The summed E-state index contributed by atoms with van der Waals surface area (Å²) < 4.78 is 39.4. The van der Waals surface area contributed by atoms with Crippen molar-refractivity contribution in [2.24, 2.45) is 9.98 Å². The number of halogens is 3. The molecule has 21 heavy (non-hydrogen) atoms. The second kappa shape index (κ2) is 5.16. The Morgan fingerprint density at radius 1 is 0.762 bits per heavy atom. The van der Waals surface area contributed by atoms with E-state index in [0.29, 0.717) is 17.0 Å². The third-order valence-electron chi connectivity index (χ3n) is 3.16. The van der Waals surface area contributed by atoms with E-state index in [0.717, 1.165) is 0 Å². The van der Waals surface area contributed by atoms with Crippen molar-refractivity contribution in [2.45, 2.75) is 12.6 Å². The van der Waals surface area contributed by atoms with Crippen LogP contribution in [0, 0.1) is 0 Å². The van der Waals surface area contributed by atoms with Crippen LogP contribution in [0.3, 0.4) is 0 Å². The molecule has 106 valence electrons. The fourth-order valence-corrected chi connectivity index (χ4v) is 2.14. The van der Waals surface area contributed by atoms with E-state index in [1.165, 1.54) is 0 Å². The van der Waals surface area contributed by atoms with Crippen molar-refractivity contribution in [3.05, 3.63) is 60.2 Å². The SMILES string of the molecule is FC(F)(F)C1=Nc2ccccc2N=C(c2ccccc2)C1. The molecule has 5 heteroatoms. The number of nitrogens with zero attached hydrogens (tertiary/aromatic N) is 2. The molecule has 0 saturated carbocycles. The number of benzene rings is 2. The maximum Gasteiger partial charge on any atom is 0.429 e. The molecule has 1 heterocycles. The fraction of sp³-hybridized carbons (Fsp3) is 0.125. The van der Waals surface area contributed by atoms with Crippen LogP contribution in [-0.4, -0.2) is 17.6 Å². The summed E-state index contributed by atoms with van der Waals surface area (Å²) in [5.41, 5.74) is 0.921. The highest BCUT2D eigenvalue weighted by Crippen LogP contribution is 2.34. The average molecular weight is 288 g/mol. The van der Waals surface area contributed by atoms with Gasteiger partial charge in [0.25, 0.3) is 0 Å². The van der Waals surface area contributed by atoms with E-state index in [1.54, 1.807) is 48.5 Å². The van der Waals surface area contributed by atoms with Crippen molar-refractivity contribution in [2.75, 3.05) is 0 Å². The molecule has 0 radical (unpaired) electrons. The molecule has 0 bridgehead atoms. The van der Waals surface area contributed by atoms with E-state index < -0.39 is 11.9 Å². The molecule has 0 atom stereocenters. The lowest BCUT2D eigenvalue weighted by atomic mass is 10.0. The van der Waals surface area contributed by atoms with Gasteiger partial charge in [0.1, 0.15) is 5.71 Å². The van der Waals surface area contributed by atoms with E-state index >= 15 is 0 Å². The van der Waals surface area contributed by atoms with Crippen molar-refractivity contribution in [1.82, 2.24) is 0 Å². The van der Waals surface area contributed by atoms with Gasteiger partial charge in [-0.1, -0.05) is 42.5 Å². The molecule has 1 aliphatic rings. The summed E-state index contributed by atoms with van der Waals surface area (Å²) in [6.07, 6.45) is -4.80. The highest BCUT2D eigenvalue weighted by molar-refractivity contribution is 6.16. The van der Waals surface area contributed by atoms with Crippen LogP contribution in [0.5, 0.6) is 0 Å². The third kappa shape index (κ3) is 2.86. The van der Waals surface area contributed by atoms with Gasteiger partial charge >= 0.3 is 6.18 Å². The van der Waals surface area contributed by atoms with Crippen LogP contribution in [0.25, 0.3) is 0 Å². The first-order chi connectivity index (χ1) is 10.0. The zero-order valence-corrected chi connectivity index (χ0v) is 10.9. The van der Waals surface area contributed by atoms with Crippen LogP contribution in [-0.2, 0) is 0 Å². The topological polar surface area (TPSA) is 24.7 Å². The monoisotopic (exact) mass is 288 g/mol. The molecule has 0 aromatic heterocycles. The average Bonchev–Trinajstić information content (AvgIpc) is 2.67. The zero-order valence-electron chi connectivity index (χ0n) is 10.9. The van der Waals surface area contributed by atoms with E-state index in [1.807, 2.05) is 6.07 Å². The van der Waals surface area contributed by atoms with Gasteiger partial charge in [0.05, 0.1) is 17.1 Å². The maximum absolute atomic E-state index is 13.1. The molecule has 1 aliphatic heterocycles. The van der Waals surface area contributed by atoms with Crippen LogP contribution in [0.1, 0.15) is 12.0 Å². The molecule has 0 unspecified atom stereocenters. The summed E-state index contributed by atoms with van der Waals surface area (Å²) in [6, 6.07) is 15.5. The predicted molar refractivity (Wildman–Crippen MR) is 76.8 cm³/mol. The number of hydrogen-bond donors (Lipinski definition) is 0. The van der Waals surface area contributed by atoms with E-state index in [-0.39, 0.29) is 12.1 Å². The molecule has 0 amide bonds. The molecule has 0 saturated heterocycles. The Hall–Kier alpha value is -2.43. The van der Waals surface area contributed by atoms with Crippen LogP contribution in [0.4, 0.5) is 24.5 Å². The number of aliphatic imine (C=N–C) groups is 2. The van der Waals surface area contributed by atoms with Crippen LogP contribution in [0.2, 0.25) is 0 Å². The highest BCUT2D eigenvalue weighted by Gasteiger charge is 2.37. The standard InChI is InChI=1S/C16H11F3N2/c17-16(18,19)15-10-14(11-6-2-1-3-7-11)20-12-8-4-5-9-13(12)21-15/h1-9H,10H2. The minimum absolute atomic E-state index is 0.246. The molecule has 0 N–H and O–H groups in total. The maximum atomic E-state index is 13.1. The Balaban J connectivity index is 2.16. The first kappa shape index (κ1) is 13.5. The quantitative estimate of drug-likeness (QED) is 0.717. The van der Waals surface area contributed by atoms with E-state index in [9.17, 15) is 13.2 Å². The Morgan fingerprint density at radius 2 is 1.33 bits per heavy atom. The van der Waals surface area contributed by atoms with Gasteiger partial charge in [0.15, 0.2) is 0 Å². The summed E-state index contributed by atoms with van der Waals surface area (Å²) in [6.45, 7) is 0. The molecule has 0 spiro atoms. The normalized spacial score (nSPS) is 14.8. The molecule has 2 aromatic carbocycles. The molecule has 3 rings (SSSR count). The fourth-order valence-electron chi connectivity index (χ4n) is 2.14. The van der Waals surface area contributed by atoms with Gasteiger partial charge in [-0.05, 0) is 17.7 Å². The lowest BCUT2D eigenvalue weighted by molar-refractivity contribution is -0.0596. The zero-order chi connectivity index (χ0) is 14.9. The lowest BCUT2D eigenvalue weighted by Gasteiger charge is -2.10. The number of hydrogen-bond acceptors (Lipinski definition) is 2. The molecule has 0 aliphatic carbocycles. The predicted octanol–water partition coefficient (Wildman–Crippen LogP) is 4.85. The molecular weight excluding hydrogens is 277 g/mol. The minimum Gasteiger partial charge on any atom is -0.250 e. The number of alkyl halides is 3. The summed E-state index contributed by atoms with van der Waals surface area (Å²) in [5, 5.41) is 0. The first-order valence-corrected chi connectivity index (χ1v) is 6.41. The van der Waals surface area contributed by atoms with E-state index in [2.05, 4.69) is 9.98 Å². The third-order valence-corrected chi connectivity index (χ3v) is 3.16. The summed E-state index contributed by atoms with van der Waals surface area (Å²) in [5.74, 6) is 0. The Morgan fingerprint density at radius 3 is 1.95 bits per heavy atom. The van der Waals surface area contributed by atoms with Crippen molar-refractivity contribution in [3.8, 4) is 0 Å². The second-order valence-corrected chi connectivity index (χ2v) is 4.65. The highest BCUT2D eigenvalue weighted by atomic mass is 19.4. The van der Waals surface area contributed by atoms with Gasteiger partial charge < -0.3 is 0 Å².